The lowest BCUT2D eigenvalue weighted by atomic mass is 9.77. The number of piperidine rings is 1. The predicted octanol–water partition coefficient (Wildman–Crippen LogP) is 5.30. The van der Waals surface area contributed by atoms with E-state index in [1.165, 1.54) is 12.0 Å². The van der Waals surface area contributed by atoms with Gasteiger partial charge in [0, 0.05) is 23.7 Å². The van der Waals surface area contributed by atoms with Crippen LogP contribution in [0.15, 0.2) is 24.3 Å². The van der Waals surface area contributed by atoms with E-state index in [1.54, 1.807) is 0 Å². The summed E-state index contributed by atoms with van der Waals surface area (Å²) in [6.45, 7) is 18.1. The van der Waals surface area contributed by atoms with Crippen LogP contribution in [0.1, 0.15) is 85.6 Å². The summed E-state index contributed by atoms with van der Waals surface area (Å²) in [4.78, 5) is 5.05. The summed E-state index contributed by atoms with van der Waals surface area (Å²) in [5, 5.41) is 10.8. The zero-order valence-electron chi connectivity index (χ0n) is 20.7. The number of hydrogen-bond donors (Lipinski definition) is 1. The molecule has 1 aliphatic heterocycles. The fourth-order valence-corrected chi connectivity index (χ4v) is 4.83. The molecule has 0 radical (unpaired) electrons. The second-order valence-corrected chi connectivity index (χ2v) is 10.8. The van der Waals surface area contributed by atoms with Crippen molar-refractivity contribution in [2.75, 3.05) is 26.7 Å². The van der Waals surface area contributed by atoms with Crippen LogP contribution in [-0.2, 0) is 0 Å². The second-order valence-electron chi connectivity index (χ2n) is 10.8. The van der Waals surface area contributed by atoms with Gasteiger partial charge in [0.1, 0.15) is 18.5 Å². The third-order valence-electron chi connectivity index (χ3n) is 7.04. The second kappa shape index (κ2) is 10.5. The van der Waals surface area contributed by atoms with Crippen molar-refractivity contribution in [1.29, 1.82) is 0 Å². The molecule has 30 heavy (non-hydrogen) atoms. The van der Waals surface area contributed by atoms with E-state index in [1.807, 2.05) is 12.1 Å². The van der Waals surface area contributed by atoms with Crippen LogP contribution >= 0.6 is 0 Å². The van der Waals surface area contributed by atoms with Gasteiger partial charge >= 0.3 is 0 Å². The number of nitrogens with zero attached hydrogens (tertiary/aromatic N) is 2. The maximum absolute atomic E-state index is 10.8. The molecule has 1 N–H and O–H groups in total. The summed E-state index contributed by atoms with van der Waals surface area (Å²) >= 11 is 0. The van der Waals surface area contributed by atoms with Gasteiger partial charge in [-0.25, -0.2) is 0 Å². The zero-order chi connectivity index (χ0) is 22.5. The maximum Gasteiger partial charge on any atom is 0.119 e. The number of aliphatic hydroxyl groups is 1. The first-order valence-electron chi connectivity index (χ1n) is 11.8. The number of likely N-dealkylation sites (tertiary alicyclic amines) is 1. The molecule has 2 rings (SSSR count). The quantitative estimate of drug-likeness (QED) is 0.559. The Balaban J connectivity index is 1.99. The lowest BCUT2D eigenvalue weighted by Crippen LogP contribution is -2.63. The summed E-state index contributed by atoms with van der Waals surface area (Å²) in [7, 11) is 2.25. The Morgan fingerprint density at radius 2 is 1.67 bits per heavy atom. The fraction of sp³-hybridized carbons (Fsp3) is 0.769. The van der Waals surface area contributed by atoms with Gasteiger partial charge in [-0.05, 0) is 84.2 Å². The van der Waals surface area contributed by atoms with E-state index in [9.17, 15) is 5.11 Å². The van der Waals surface area contributed by atoms with Crippen LogP contribution in [0.5, 0.6) is 5.75 Å². The average molecular weight is 419 g/mol. The zero-order valence-corrected chi connectivity index (χ0v) is 20.7. The standard InChI is InChI=1S/C26H46N2O2/c1-9-10-15-28(22-16-25(4,5)27(8)26(6,7)17-22)18-23(29)19-30-24-13-11-21(12-14-24)20(2)3/h11-14,20,22-23,29H,9-10,15-19H2,1-8H3. The molecule has 1 heterocycles. The van der Waals surface area contributed by atoms with Crippen LogP contribution in [0, 0.1) is 0 Å². The number of unbranched alkanes of at least 4 members (excludes halogenated alkanes) is 1. The van der Waals surface area contributed by atoms with Crippen molar-refractivity contribution in [2.24, 2.45) is 0 Å². The van der Waals surface area contributed by atoms with E-state index >= 15 is 0 Å². The van der Waals surface area contributed by atoms with Crippen molar-refractivity contribution >= 4 is 0 Å². The molecule has 1 aromatic carbocycles. The highest BCUT2D eigenvalue weighted by Crippen LogP contribution is 2.39. The summed E-state index contributed by atoms with van der Waals surface area (Å²) in [5.74, 6) is 1.35. The van der Waals surface area contributed by atoms with Crippen LogP contribution < -0.4 is 4.74 Å². The third kappa shape index (κ3) is 6.70. The Bertz CT molecular complexity index is 621. The van der Waals surface area contributed by atoms with Crippen LogP contribution in [-0.4, -0.2) is 64.9 Å². The molecule has 1 saturated heterocycles. The molecule has 4 heteroatoms. The fourth-order valence-electron chi connectivity index (χ4n) is 4.83. The van der Waals surface area contributed by atoms with Gasteiger partial charge in [-0.3, -0.25) is 9.80 Å². The van der Waals surface area contributed by atoms with E-state index in [0.717, 1.165) is 31.6 Å². The molecule has 0 amide bonds. The Labute approximate surface area is 185 Å². The van der Waals surface area contributed by atoms with Crippen molar-refractivity contribution in [2.45, 2.75) is 103 Å². The summed E-state index contributed by atoms with van der Waals surface area (Å²) < 4.78 is 5.91. The molecular formula is C26H46N2O2. The molecule has 1 fully saturated rings. The first kappa shape index (κ1) is 25.2. The van der Waals surface area contributed by atoms with Gasteiger partial charge in [0.15, 0.2) is 0 Å². The van der Waals surface area contributed by atoms with E-state index in [2.05, 4.69) is 77.4 Å². The smallest absolute Gasteiger partial charge is 0.119 e. The molecule has 0 saturated carbocycles. The van der Waals surface area contributed by atoms with Gasteiger partial charge in [0.05, 0.1) is 0 Å². The topological polar surface area (TPSA) is 35.9 Å². The van der Waals surface area contributed by atoms with E-state index in [4.69, 9.17) is 4.74 Å². The minimum atomic E-state index is -0.488. The Morgan fingerprint density at radius 3 is 2.17 bits per heavy atom. The molecule has 1 atom stereocenters. The highest BCUT2D eigenvalue weighted by Gasteiger charge is 2.44. The number of ether oxygens (including phenoxy) is 1. The monoisotopic (exact) mass is 418 g/mol. The third-order valence-corrected chi connectivity index (χ3v) is 7.04. The molecule has 4 nitrogen and oxygen atoms in total. The number of rotatable bonds is 10. The van der Waals surface area contributed by atoms with Crippen molar-refractivity contribution < 1.29 is 9.84 Å². The molecule has 172 valence electrons. The molecule has 0 aliphatic carbocycles. The van der Waals surface area contributed by atoms with Crippen molar-refractivity contribution in [3.63, 3.8) is 0 Å². The normalized spacial score (nSPS) is 20.6. The van der Waals surface area contributed by atoms with Crippen molar-refractivity contribution in [1.82, 2.24) is 9.80 Å². The van der Waals surface area contributed by atoms with Gasteiger partial charge in [0.25, 0.3) is 0 Å². The molecular weight excluding hydrogens is 372 g/mol. The highest BCUT2D eigenvalue weighted by molar-refractivity contribution is 5.28. The molecule has 1 aromatic rings. The van der Waals surface area contributed by atoms with Crippen molar-refractivity contribution in [3.8, 4) is 5.75 Å². The Kier molecular flexibility index (Phi) is 8.79. The lowest BCUT2D eigenvalue weighted by molar-refractivity contribution is -0.0572. The highest BCUT2D eigenvalue weighted by atomic mass is 16.5. The molecule has 0 bridgehead atoms. The summed E-state index contributed by atoms with van der Waals surface area (Å²) in [6, 6.07) is 8.74. The van der Waals surface area contributed by atoms with Gasteiger partial charge in [0.2, 0.25) is 0 Å². The number of aliphatic hydroxyl groups excluding tert-OH is 1. The molecule has 1 unspecified atom stereocenters. The minimum absolute atomic E-state index is 0.149. The summed E-state index contributed by atoms with van der Waals surface area (Å²) in [5.41, 5.74) is 1.61. The van der Waals surface area contributed by atoms with E-state index in [0.29, 0.717) is 25.1 Å². The first-order chi connectivity index (χ1) is 14.0. The number of benzene rings is 1. The Hall–Kier alpha value is -1.10. The molecule has 0 spiro atoms. The van der Waals surface area contributed by atoms with Crippen molar-refractivity contribution in [3.05, 3.63) is 29.8 Å². The van der Waals surface area contributed by atoms with Crippen LogP contribution in [0.3, 0.4) is 0 Å². The molecule has 0 aromatic heterocycles. The van der Waals surface area contributed by atoms with Crippen LogP contribution in [0.4, 0.5) is 0 Å². The van der Waals surface area contributed by atoms with Gasteiger partial charge in [-0.2, -0.15) is 0 Å². The predicted molar refractivity (Wildman–Crippen MR) is 127 cm³/mol. The lowest BCUT2D eigenvalue weighted by Gasteiger charge is -2.55. The van der Waals surface area contributed by atoms with E-state index in [-0.39, 0.29) is 11.1 Å². The average Bonchev–Trinajstić information content (AvgIpc) is 2.67. The maximum atomic E-state index is 10.8. The summed E-state index contributed by atoms with van der Waals surface area (Å²) in [6.07, 6.45) is 4.10. The number of hydrogen-bond acceptors (Lipinski definition) is 4. The Morgan fingerprint density at radius 1 is 1.10 bits per heavy atom. The largest absolute Gasteiger partial charge is 0.491 e. The van der Waals surface area contributed by atoms with Gasteiger partial charge in [-0.1, -0.05) is 39.3 Å². The van der Waals surface area contributed by atoms with Gasteiger partial charge < -0.3 is 9.84 Å². The van der Waals surface area contributed by atoms with Gasteiger partial charge in [-0.15, -0.1) is 0 Å². The minimum Gasteiger partial charge on any atom is -0.491 e. The molecule has 1 aliphatic rings. The van der Waals surface area contributed by atoms with Crippen LogP contribution in [0.25, 0.3) is 0 Å². The SMILES string of the molecule is CCCCN(CC(O)COc1ccc(C(C)C)cc1)C1CC(C)(C)N(C)C(C)(C)C1. The van der Waals surface area contributed by atoms with Crippen LogP contribution in [0.2, 0.25) is 0 Å². The first-order valence-corrected chi connectivity index (χ1v) is 11.8. The van der Waals surface area contributed by atoms with E-state index < -0.39 is 6.10 Å².